The fraction of sp³-hybridized carbons (Fsp3) is 0.833. The Morgan fingerprint density at radius 1 is 1.13 bits per heavy atom. The SMILES string of the molecule is CC(=O)OCCC1(C)CC(=O)C(OC(C)=O)C2CC(C)(C)CC21. The van der Waals surface area contributed by atoms with E-state index >= 15 is 0 Å². The first-order chi connectivity index (χ1) is 10.5. The maximum atomic E-state index is 12.6. The van der Waals surface area contributed by atoms with Gasteiger partial charge < -0.3 is 9.47 Å². The van der Waals surface area contributed by atoms with Crippen molar-refractivity contribution in [2.24, 2.45) is 22.7 Å². The lowest BCUT2D eigenvalue weighted by Crippen LogP contribution is -2.49. The monoisotopic (exact) mass is 324 g/mol. The summed E-state index contributed by atoms with van der Waals surface area (Å²) in [5.41, 5.74) is -0.0807. The second-order valence-electron chi connectivity index (χ2n) is 8.26. The molecule has 0 heterocycles. The van der Waals surface area contributed by atoms with E-state index in [1.165, 1.54) is 13.8 Å². The van der Waals surface area contributed by atoms with Gasteiger partial charge in [-0.1, -0.05) is 20.8 Å². The van der Waals surface area contributed by atoms with E-state index in [1.54, 1.807) is 0 Å². The first-order valence-electron chi connectivity index (χ1n) is 8.37. The zero-order valence-electron chi connectivity index (χ0n) is 14.8. The summed E-state index contributed by atoms with van der Waals surface area (Å²) in [6, 6.07) is 0. The summed E-state index contributed by atoms with van der Waals surface area (Å²) in [7, 11) is 0. The molecule has 4 unspecified atom stereocenters. The molecule has 2 saturated carbocycles. The number of hydrogen-bond donors (Lipinski definition) is 0. The maximum absolute atomic E-state index is 12.6. The van der Waals surface area contributed by atoms with Crippen LogP contribution in [0.15, 0.2) is 0 Å². The van der Waals surface area contributed by atoms with Crippen LogP contribution >= 0.6 is 0 Å². The number of fused-ring (bicyclic) bond motifs is 1. The normalized spacial score (nSPS) is 35.5. The van der Waals surface area contributed by atoms with E-state index in [1.807, 2.05) is 0 Å². The van der Waals surface area contributed by atoms with Crippen LogP contribution in [-0.4, -0.2) is 30.4 Å². The molecule has 2 aliphatic rings. The fourth-order valence-electron chi connectivity index (χ4n) is 4.59. The average molecular weight is 324 g/mol. The topological polar surface area (TPSA) is 69.7 Å². The predicted molar refractivity (Wildman–Crippen MR) is 84.5 cm³/mol. The number of ether oxygens (including phenoxy) is 2. The van der Waals surface area contributed by atoms with Crippen LogP contribution < -0.4 is 0 Å². The van der Waals surface area contributed by atoms with Crippen LogP contribution in [0.5, 0.6) is 0 Å². The number of hydrogen-bond acceptors (Lipinski definition) is 5. The van der Waals surface area contributed by atoms with E-state index in [0.29, 0.717) is 25.4 Å². The lowest BCUT2D eigenvalue weighted by atomic mass is 9.61. The quantitative estimate of drug-likeness (QED) is 0.744. The van der Waals surface area contributed by atoms with Crippen LogP contribution in [0, 0.1) is 22.7 Å². The minimum Gasteiger partial charge on any atom is -0.466 e. The van der Waals surface area contributed by atoms with E-state index in [4.69, 9.17) is 9.47 Å². The Balaban J connectivity index is 2.21. The van der Waals surface area contributed by atoms with Gasteiger partial charge in [-0.3, -0.25) is 14.4 Å². The molecule has 23 heavy (non-hydrogen) atoms. The average Bonchev–Trinajstić information content (AvgIpc) is 2.70. The van der Waals surface area contributed by atoms with Crippen molar-refractivity contribution >= 4 is 17.7 Å². The highest BCUT2D eigenvalue weighted by Crippen LogP contribution is 2.58. The van der Waals surface area contributed by atoms with Crippen molar-refractivity contribution in [1.82, 2.24) is 0 Å². The smallest absolute Gasteiger partial charge is 0.303 e. The third kappa shape index (κ3) is 3.93. The molecule has 5 heteroatoms. The molecule has 0 N–H and O–H groups in total. The Kier molecular flexibility index (Phi) is 4.88. The van der Waals surface area contributed by atoms with Gasteiger partial charge in [0.2, 0.25) is 0 Å². The van der Waals surface area contributed by atoms with E-state index in [0.717, 1.165) is 12.8 Å². The highest BCUT2D eigenvalue weighted by atomic mass is 16.5. The summed E-state index contributed by atoms with van der Waals surface area (Å²) in [6.07, 6.45) is 2.32. The Bertz CT molecular complexity index is 510. The molecule has 2 fully saturated rings. The Labute approximate surface area is 138 Å². The Morgan fingerprint density at radius 3 is 2.35 bits per heavy atom. The molecule has 0 saturated heterocycles. The van der Waals surface area contributed by atoms with E-state index in [2.05, 4.69) is 20.8 Å². The molecule has 0 radical (unpaired) electrons. The number of rotatable bonds is 4. The lowest BCUT2D eigenvalue weighted by Gasteiger charge is -2.45. The first-order valence-corrected chi connectivity index (χ1v) is 8.37. The highest BCUT2D eigenvalue weighted by Gasteiger charge is 2.57. The van der Waals surface area contributed by atoms with Gasteiger partial charge in [0.25, 0.3) is 0 Å². The second kappa shape index (κ2) is 6.25. The Morgan fingerprint density at radius 2 is 1.78 bits per heavy atom. The van der Waals surface area contributed by atoms with Crippen molar-refractivity contribution in [2.45, 2.75) is 66.4 Å². The molecule has 2 rings (SSSR count). The van der Waals surface area contributed by atoms with Crippen LogP contribution in [0.25, 0.3) is 0 Å². The first kappa shape index (κ1) is 18.0. The molecule has 5 nitrogen and oxygen atoms in total. The lowest BCUT2D eigenvalue weighted by molar-refractivity contribution is -0.165. The van der Waals surface area contributed by atoms with Crippen LogP contribution in [0.1, 0.15) is 60.3 Å². The second-order valence-corrected chi connectivity index (χ2v) is 8.26. The van der Waals surface area contributed by atoms with E-state index in [9.17, 15) is 14.4 Å². The molecule has 2 aliphatic carbocycles. The summed E-state index contributed by atoms with van der Waals surface area (Å²) in [4.78, 5) is 35.0. The van der Waals surface area contributed by atoms with Gasteiger partial charge in [0.1, 0.15) is 0 Å². The van der Waals surface area contributed by atoms with Crippen molar-refractivity contribution in [2.75, 3.05) is 6.61 Å². The fourth-order valence-corrected chi connectivity index (χ4v) is 4.59. The standard InChI is InChI=1S/C18H28O5/c1-11(19)22-7-6-18(5)10-15(21)16(23-12(2)20)13-8-17(3,4)9-14(13)18/h13-14,16H,6-10H2,1-5H3. The molecular formula is C18H28O5. The van der Waals surface area contributed by atoms with Gasteiger partial charge in [-0.05, 0) is 36.0 Å². The van der Waals surface area contributed by atoms with Gasteiger partial charge in [-0.25, -0.2) is 0 Å². The Hall–Kier alpha value is -1.39. The van der Waals surface area contributed by atoms with Crippen LogP contribution in [0.2, 0.25) is 0 Å². The molecule has 0 aromatic heterocycles. The van der Waals surface area contributed by atoms with Gasteiger partial charge in [-0.15, -0.1) is 0 Å². The molecular weight excluding hydrogens is 296 g/mol. The summed E-state index contributed by atoms with van der Waals surface area (Å²) in [5, 5.41) is 0. The van der Waals surface area contributed by atoms with E-state index < -0.39 is 12.1 Å². The van der Waals surface area contributed by atoms with Gasteiger partial charge in [0, 0.05) is 26.2 Å². The third-order valence-corrected chi connectivity index (χ3v) is 5.53. The minimum atomic E-state index is -0.610. The van der Waals surface area contributed by atoms with Crippen LogP contribution in [-0.2, 0) is 23.9 Å². The molecule has 130 valence electrons. The molecule has 0 aromatic carbocycles. The zero-order valence-corrected chi connectivity index (χ0v) is 14.8. The largest absolute Gasteiger partial charge is 0.466 e. The van der Waals surface area contributed by atoms with Crippen molar-refractivity contribution in [3.05, 3.63) is 0 Å². The summed E-state index contributed by atoms with van der Waals surface area (Å²) in [5.74, 6) is -0.316. The number of ketones is 1. The predicted octanol–water partition coefficient (Wildman–Crippen LogP) is 2.90. The third-order valence-electron chi connectivity index (χ3n) is 5.53. The summed E-state index contributed by atoms with van der Waals surface area (Å²) < 4.78 is 10.5. The summed E-state index contributed by atoms with van der Waals surface area (Å²) in [6.45, 7) is 9.60. The maximum Gasteiger partial charge on any atom is 0.303 e. The number of carbonyl (C=O) groups excluding carboxylic acids is 3. The van der Waals surface area contributed by atoms with Crippen LogP contribution in [0.3, 0.4) is 0 Å². The van der Waals surface area contributed by atoms with Crippen molar-refractivity contribution in [1.29, 1.82) is 0 Å². The van der Waals surface area contributed by atoms with Crippen molar-refractivity contribution in [3.8, 4) is 0 Å². The molecule has 0 amide bonds. The van der Waals surface area contributed by atoms with Gasteiger partial charge in [0.15, 0.2) is 11.9 Å². The van der Waals surface area contributed by atoms with Crippen molar-refractivity contribution in [3.63, 3.8) is 0 Å². The van der Waals surface area contributed by atoms with Gasteiger partial charge in [-0.2, -0.15) is 0 Å². The zero-order chi connectivity index (χ0) is 17.4. The molecule has 0 aromatic rings. The van der Waals surface area contributed by atoms with E-state index in [-0.39, 0.29) is 28.5 Å². The molecule has 0 aliphatic heterocycles. The molecule has 0 bridgehead atoms. The molecule has 0 spiro atoms. The number of Topliss-reactive ketones (excluding diaryl/α,β-unsaturated/α-hetero) is 1. The highest BCUT2D eigenvalue weighted by molar-refractivity contribution is 5.87. The van der Waals surface area contributed by atoms with Gasteiger partial charge >= 0.3 is 11.9 Å². The number of esters is 2. The van der Waals surface area contributed by atoms with Crippen LogP contribution in [0.4, 0.5) is 0 Å². The molecule has 4 atom stereocenters. The minimum absolute atomic E-state index is 0.00414. The number of carbonyl (C=O) groups is 3. The summed E-state index contributed by atoms with van der Waals surface area (Å²) >= 11 is 0. The van der Waals surface area contributed by atoms with Gasteiger partial charge in [0.05, 0.1) is 6.61 Å². The van der Waals surface area contributed by atoms with Crippen molar-refractivity contribution < 1.29 is 23.9 Å².